The molecule has 3 heteroatoms. The van der Waals surface area contributed by atoms with Gasteiger partial charge in [0.2, 0.25) is 0 Å². The fourth-order valence-electron chi connectivity index (χ4n) is 1.73. The Hall–Kier alpha value is -0.540. The maximum Gasteiger partial charge on any atom is 0.133 e. The Morgan fingerprint density at radius 1 is 1.44 bits per heavy atom. The van der Waals surface area contributed by atoms with Crippen molar-refractivity contribution >= 4 is 15.9 Å². The van der Waals surface area contributed by atoms with Crippen LogP contribution in [-0.4, -0.2) is 20.2 Å². The minimum Gasteiger partial charge on any atom is -0.496 e. The summed E-state index contributed by atoms with van der Waals surface area (Å²) in [6.45, 7) is 2.26. The summed E-state index contributed by atoms with van der Waals surface area (Å²) in [5.74, 6) is 1.86. The van der Waals surface area contributed by atoms with E-state index in [2.05, 4.69) is 33.4 Å². The van der Waals surface area contributed by atoms with Crippen molar-refractivity contribution in [3.05, 3.63) is 28.2 Å². The van der Waals surface area contributed by atoms with Crippen LogP contribution >= 0.6 is 15.9 Å². The molecular formula is C13H18BrNO. The molecule has 88 valence electrons. The van der Waals surface area contributed by atoms with E-state index in [-0.39, 0.29) is 0 Å². The molecule has 0 heterocycles. The van der Waals surface area contributed by atoms with Gasteiger partial charge in [0.1, 0.15) is 5.75 Å². The minimum absolute atomic E-state index is 0.898. The van der Waals surface area contributed by atoms with E-state index in [1.807, 2.05) is 6.07 Å². The molecule has 0 aromatic heterocycles. The average molecular weight is 284 g/mol. The van der Waals surface area contributed by atoms with Crippen molar-refractivity contribution in [2.75, 3.05) is 20.2 Å². The maximum atomic E-state index is 5.20. The van der Waals surface area contributed by atoms with Gasteiger partial charge in [0.05, 0.1) is 11.6 Å². The quantitative estimate of drug-likeness (QED) is 0.811. The maximum absolute atomic E-state index is 5.20. The van der Waals surface area contributed by atoms with Crippen LogP contribution < -0.4 is 10.1 Å². The summed E-state index contributed by atoms with van der Waals surface area (Å²) in [5.41, 5.74) is 1.34. The molecule has 0 bridgehead atoms. The standard InChI is InChI=1S/C13H18BrNO/c1-16-13-5-4-10(8-12(13)14)6-7-15-9-11-2-3-11/h4-5,8,11,15H,2-3,6-7,9H2,1H3. The van der Waals surface area contributed by atoms with Gasteiger partial charge in [-0.05, 0) is 71.9 Å². The average Bonchev–Trinajstić information content (AvgIpc) is 3.08. The molecule has 0 amide bonds. The molecule has 16 heavy (non-hydrogen) atoms. The van der Waals surface area contributed by atoms with Crippen LogP contribution in [0, 0.1) is 5.92 Å². The Bertz CT molecular complexity index is 350. The number of halogens is 1. The smallest absolute Gasteiger partial charge is 0.133 e. The molecule has 0 radical (unpaired) electrons. The van der Waals surface area contributed by atoms with Gasteiger partial charge in [0.15, 0.2) is 0 Å². The van der Waals surface area contributed by atoms with Gasteiger partial charge < -0.3 is 10.1 Å². The van der Waals surface area contributed by atoms with Crippen molar-refractivity contribution in [3.8, 4) is 5.75 Å². The Balaban J connectivity index is 1.77. The van der Waals surface area contributed by atoms with Crippen molar-refractivity contribution in [2.45, 2.75) is 19.3 Å². The monoisotopic (exact) mass is 283 g/mol. The zero-order chi connectivity index (χ0) is 11.4. The number of benzene rings is 1. The minimum atomic E-state index is 0.898. The molecule has 0 spiro atoms. The number of rotatable bonds is 6. The first-order valence-corrected chi connectivity index (χ1v) is 6.62. The first-order chi connectivity index (χ1) is 7.79. The Morgan fingerprint density at radius 2 is 2.25 bits per heavy atom. The number of methoxy groups -OCH3 is 1. The van der Waals surface area contributed by atoms with Gasteiger partial charge in [-0.25, -0.2) is 0 Å². The van der Waals surface area contributed by atoms with Crippen LogP contribution in [0.1, 0.15) is 18.4 Å². The largest absolute Gasteiger partial charge is 0.496 e. The molecule has 1 aromatic rings. The second kappa shape index (κ2) is 5.69. The second-order valence-electron chi connectivity index (χ2n) is 4.37. The molecule has 1 aliphatic carbocycles. The molecule has 1 fully saturated rings. The van der Waals surface area contributed by atoms with E-state index >= 15 is 0 Å². The highest BCUT2D eigenvalue weighted by Crippen LogP contribution is 2.27. The van der Waals surface area contributed by atoms with E-state index in [1.165, 1.54) is 24.9 Å². The van der Waals surface area contributed by atoms with Gasteiger partial charge in [-0.15, -0.1) is 0 Å². The highest BCUT2D eigenvalue weighted by atomic mass is 79.9. The first kappa shape index (κ1) is 11.9. The van der Waals surface area contributed by atoms with Crippen molar-refractivity contribution in [2.24, 2.45) is 5.92 Å². The zero-order valence-corrected chi connectivity index (χ0v) is 11.2. The van der Waals surface area contributed by atoms with E-state index in [0.29, 0.717) is 0 Å². The number of hydrogen-bond acceptors (Lipinski definition) is 2. The lowest BCUT2D eigenvalue weighted by Gasteiger charge is -2.07. The van der Waals surface area contributed by atoms with E-state index in [1.54, 1.807) is 7.11 Å². The summed E-state index contributed by atoms with van der Waals surface area (Å²) in [7, 11) is 1.69. The van der Waals surface area contributed by atoms with Crippen LogP contribution in [0.5, 0.6) is 5.75 Å². The van der Waals surface area contributed by atoms with E-state index in [9.17, 15) is 0 Å². The normalized spacial score (nSPS) is 15.1. The highest BCUT2D eigenvalue weighted by molar-refractivity contribution is 9.10. The lowest BCUT2D eigenvalue weighted by atomic mass is 10.1. The molecular weight excluding hydrogens is 266 g/mol. The second-order valence-corrected chi connectivity index (χ2v) is 5.22. The summed E-state index contributed by atoms with van der Waals surface area (Å²) in [6, 6.07) is 6.28. The van der Waals surface area contributed by atoms with Crippen molar-refractivity contribution in [1.82, 2.24) is 5.32 Å². The SMILES string of the molecule is COc1ccc(CCNCC2CC2)cc1Br. The topological polar surface area (TPSA) is 21.3 Å². The van der Waals surface area contributed by atoms with E-state index < -0.39 is 0 Å². The third-order valence-electron chi connectivity index (χ3n) is 2.94. The molecule has 1 saturated carbocycles. The molecule has 0 unspecified atom stereocenters. The van der Waals surface area contributed by atoms with Crippen LogP contribution in [0.25, 0.3) is 0 Å². The lowest BCUT2D eigenvalue weighted by Crippen LogP contribution is -2.19. The highest BCUT2D eigenvalue weighted by Gasteiger charge is 2.19. The third kappa shape index (κ3) is 3.49. The molecule has 1 N–H and O–H groups in total. The van der Waals surface area contributed by atoms with Crippen LogP contribution in [0.3, 0.4) is 0 Å². The molecule has 2 rings (SSSR count). The summed E-state index contributed by atoms with van der Waals surface area (Å²) in [4.78, 5) is 0. The van der Waals surface area contributed by atoms with Gasteiger partial charge in [-0.2, -0.15) is 0 Å². The van der Waals surface area contributed by atoms with Crippen LogP contribution in [0.15, 0.2) is 22.7 Å². The molecule has 0 saturated heterocycles. The van der Waals surface area contributed by atoms with Crippen LogP contribution in [-0.2, 0) is 6.42 Å². The van der Waals surface area contributed by atoms with Crippen molar-refractivity contribution < 1.29 is 4.74 Å². The van der Waals surface area contributed by atoms with Crippen molar-refractivity contribution in [1.29, 1.82) is 0 Å². The first-order valence-electron chi connectivity index (χ1n) is 5.82. The summed E-state index contributed by atoms with van der Waals surface area (Å²) in [5, 5.41) is 3.50. The predicted octanol–water partition coefficient (Wildman–Crippen LogP) is 3.00. The predicted molar refractivity (Wildman–Crippen MR) is 70.0 cm³/mol. The van der Waals surface area contributed by atoms with Crippen LogP contribution in [0.4, 0.5) is 0 Å². The zero-order valence-electron chi connectivity index (χ0n) is 9.63. The summed E-state index contributed by atoms with van der Waals surface area (Å²) < 4.78 is 6.24. The van der Waals surface area contributed by atoms with Gasteiger partial charge >= 0.3 is 0 Å². The number of hydrogen-bond donors (Lipinski definition) is 1. The summed E-state index contributed by atoms with van der Waals surface area (Å²) in [6.07, 6.45) is 3.91. The molecule has 0 aliphatic heterocycles. The van der Waals surface area contributed by atoms with Gasteiger partial charge in [0, 0.05) is 0 Å². The van der Waals surface area contributed by atoms with Crippen molar-refractivity contribution in [3.63, 3.8) is 0 Å². The van der Waals surface area contributed by atoms with Gasteiger partial charge in [0.25, 0.3) is 0 Å². The van der Waals surface area contributed by atoms with E-state index in [4.69, 9.17) is 4.74 Å². The number of ether oxygens (including phenoxy) is 1. The molecule has 1 aliphatic rings. The molecule has 2 nitrogen and oxygen atoms in total. The van der Waals surface area contributed by atoms with Gasteiger partial charge in [-0.1, -0.05) is 6.07 Å². The fraction of sp³-hybridized carbons (Fsp3) is 0.538. The Labute approximate surface area is 106 Å². The van der Waals surface area contributed by atoms with E-state index in [0.717, 1.165) is 29.1 Å². The Kier molecular flexibility index (Phi) is 4.24. The number of nitrogens with one attached hydrogen (secondary N) is 1. The summed E-state index contributed by atoms with van der Waals surface area (Å²) >= 11 is 3.50. The molecule has 1 aromatic carbocycles. The third-order valence-corrected chi connectivity index (χ3v) is 3.56. The Morgan fingerprint density at radius 3 is 2.88 bits per heavy atom. The van der Waals surface area contributed by atoms with Gasteiger partial charge in [-0.3, -0.25) is 0 Å². The fourth-order valence-corrected chi connectivity index (χ4v) is 2.31. The lowest BCUT2D eigenvalue weighted by molar-refractivity contribution is 0.412. The van der Waals surface area contributed by atoms with Crippen LogP contribution in [0.2, 0.25) is 0 Å². The molecule has 0 atom stereocenters.